The van der Waals surface area contributed by atoms with Crippen LogP contribution in [0.2, 0.25) is 0 Å². The number of pyridine rings is 1. The van der Waals surface area contributed by atoms with Gasteiger partial charge in [-0.3, -0.25) is 4.79 Å². The molecule has 0 saturated carbocycles. The summed E-state index contributed by atoms with van der Waals surface area (Å²) >= 11 is 0. The van der Waals surface area contributed by atoms with E-state index in [4.69, 9.17) is 0 Å². The molecule has 1 aliphatic rings. The Kier molecular flexibility index (Phi) is 4.31. The SMILES string of the molecule is CC(C)(C)c1ccc([C@H]2CCCN2C(=O)c2cc[n+]([O-])cc2)cc1. The minimum Gasteiger partial charge on any atom is -0.619 e. The van der Waals surface area contributed by atoms with Gasteiger partial charge in [-0.05, 0) is 29.4 Å². The highest BCUT2D eigenvalue weighted by Crippen LogP contribution is 2.34. The van der Waals surface area contributed by atoms with Crippen LogP contribution in [-0.4, -0.2) is 17.4 Å². The second-order valence-corrected chi connectivity index (χ2v) is 7.48. The molecular weight excluding hydrogens is 300 g/mol. The van der Waals surface area contributed by atoms with Crippen LogP contribution in [0.15, 0.2) is 48.8 Å². The predicted molar refractivity (Wildman–Crippen MR) is 93.6 cm³/mol. The predicted octanol–water partition coefficient (Wildman–Crippen LogP) is 3.59. The number of aromatic nitrogens is 1. The number of hydrogen-bond acceptors (Lipinski definition) is 2. The van der Waals surface area contributed by atoms with E-state index in [0.717, 1.165) is 19.4 Å². The van der Waals surface area contributed by atoms with Crippen molar-refractivity contribution in [1.29, 1.82) is 0 Å². The highest BCUT2D eigenvalue weighted by Gasteiger charge is 2.31. The van der Waals surface area contributed by atoms with Crippen molar-refractivity contribution in [2.45, 2.75) is 45.1 Å². The molecule has 4 heteroatoms. The van der Waals surface area contributed by atoms with Crippen LogP contribution in [0.5, 0.6) is 0 Å². The fraction of sp³-hybridized carbons (Fsp3) is 0.400. The van der Waals surface area contributed by atoms with E-state index in [-0.39, 0.29) is 17.4 Å². The number of amides is 1. The maximum Gasteiger partial charge on any atom is 0.254 e. The summed E-state index contributed by atoms with van der Waals surface area (Å²) in [6.45, 7) is 7.36. The van der Waals surface area contributed by atoms with Crippen LogP contribution in [-0.2, 0) is 5.41 Å². The van der Waals surface area contributed by atoms with E-state index in [0.29, 0.717) is 10.3 Å². The van der Waals surface area contributed by atoms with Gasteiger partial charge in [-0.15, -0.1) is 0 Å². The van der Waals surface area contributed by atoms with Crippen molar-refractivity contribution in [1.82, 2.24) is 4.90 Å². The zero-order valence-corrected chi connectivity index (χ0v) is 14.5. The van der Waals surface area contributed by atoms with Gasteiger partial charge in [-0.25, -0.2) is 0 Å². The Morgan fingerprint density at radius 1 is 1.12 bits per heavy atom. The Bertz CT molecular complexity index is 715. The molecule has 1 aromatic carbocycles. The molecule has 1 atom stereocenters. The second-order valence-electron chi connectivity index (χ2n) is 7.48. The molecule has 1 aliphatic heterocycles. The Hall–Kier alpha value is -2.36. The zero-order chi connectivity index (χ0) is 17.3. The number of hydrogen-bond donors (Lipinski definition) is 0. The van der Waals surface area contributed by atoms with Crippen LogP contribution >= 0.6 is 0 Å². The standard InChI is InChI=1S/C20H24N2O2/c1-20(2,3)17-8-6-15(7-9-17)18-5-4-12-22(18)19(23)16-10-13-21(24)14-11-16/h6-11,13-14,18H,4-5,12H2,1-3H3/t18-/m1/s1. The minimum absolute atomic E-state index is 0.00185. The van der Waals surface area contributed by atoms with Gasteiger partial charge in [0.2, 0.25) is 0 Å². The van der Waals surface area contributed by atoms with Crippen molar-refractivity contribution < 1.29 is 9.52 Å². The maximum absolute atomic E-state index is 12.8. The molecule has 1 amide bonds. The van der Waals surface area contributed by atoms with Gasteiger partial charge >= 0.3 is 0 Å². The largest absolute Gasteiger partial charge is 0.619 e. The first-order valence-electron chi connectivity index (χ1n) is 8.46. The second kappa shape index (κ2) is 6.27. The van der Waals surface area contributed by atoms with Crippen molar-refractivity contribution >= 4 is 5.91 Å². The summed E-state index contributed by atoms with van der Waals surface area (Å²) in [5, 5.41) is 11.2. The topological polar surface area (TPSA) is 47.2 Å². The monoisotopic (exact) mass is 324 g/mol. The Labute approximate surface area is 143 Å². The van der Waals surface area contributed by atoms with E-state index < -0.39 is 0 Å². The van der Waals surface area contributed by atoms with Gasteiger partial charge < -0.3 is 10.1 Å². The molecule has 2 aromatic rings. The Balaban J connectivity index is 1.82. The lowest BCUT2D eigenvalue weighted by Crippen LogP contribution is -2.32. The third kappa shape index (κ3) is 3.28. The fourth-order valence-corrected chi connectivity index (χ4v) is 3.28. The van der Waals surface area contributed by atoms with Crippen molar-refractivity contribution in [2.75, 3.05) is 6.54 Å². The quantitative estimate of drug-likeness (QED) is 0.626. The molecule has 24 heavy (non-hydrogen) atoms. The van der Waals surface area contributed by atoms with Crippen molar-refractivity contribution in [2.24, 2.45) is 0 Å². The molecule has 1 saturated heterocycles. The van der Waals surface area contributed by atoms with E-state index in [1.165, 1.54) is 23.5 Å². The van der Waals surface area contributed by atoms with E-state index >= 15 is 0 Å². The molecule has 0 N–H and O–H groups in total. The van der Waals surface area contributed by atoms with Gasteiger partial charge in [0.1, 0.15) is 0 Å². The fourth-order valence-electron chi connectivity index (χ4n) is 3.28. The highest BCUT2D eigenvalue weighted by molar-refractivity contribution is 5.94. The first-order chi connectivity index (χ1) is 11.4. The lowest BCUT2D eigenvalue weighted by Gasteiger charge is -2.26. The molecule has 2 heterocycles. The lowest BCUT2D eigenvalue weighted by molar-refractivity contribution is -0.605. The molecule has 0 bridgehead atoms. The van der Waals surface area contributed by atoms with Gasteiger partial charge in [0.25, 0.3) is 5.91 Å². The van der Waals surface area contributed by atoms with Crippen LogP contribution in [0, 0.1) is 5.21 Å². The number of likely N-dealkylation sites (tertiary alicyclic amines) is 1. The molecule has 1 aromatic heterocycles. The van der Waals surface area contributed by atoms with E-state index in [1.807, 2.05) is 4.90 Å². The molecule has 126 valence electrons. The number of carbonyl (C=O) groups excluding carboxylic acids is 1. The summed E-state index contributed by atoms with van der Waals surface area (Å²) in [6, 6.07) is 11.9. The lowest BCUT2D eigenvalue weighted by atomic mass is 9.86. The minimum atomic E-state index is -0.00185. The first-order valence-corrected chi connectivity index (χ1v) is 8.46. The van der Waals surface area contributed by atoms with Crippen molar-refractivity contribution in [3.63, 3.8) is 0 Å². The summed E-state index contributed by atoms with van der Waals surface area (Å²) in [7, 11) is 0. The molecule has 1 fully saturated rings. The molecule has 4 nitrogen and oxygen atoms in total. The number of carbonyl (C=O) groups is 1. The van der Waals surface area contributed by atoms with Crippen LogP contribution in [0.25, 0.3) is 0 Å². The van der Waals surface area contributed by atoms with Gasteiger partial charge in [0.15, 0.2) is 12.4 Å². The van der Waals surface area contributed by atoms with E-state index in [1.54, 1.807) is 12.1 Å². The third-order valence-electron chi connectivity index (χ3n) is 4.72. The highest BCUT2D eigenvalue weighted by atomic mass is 16.5. The molecule has 3 rings (SSSR count). The first kappa shape index (κ1) is 16.5. The summed E-state index contributed by atoms with van der Waals surface area (Å²) in [4.78, 5) is 14.7. The van der Waals surface area contributed by atoms with E-state index in [2.05, 4.69) is 45.0 Å². The molecule has 0 spiro atoms. The number of benzene rings is 1. The average Bonchev–Trinajstić information content (AvgIpc) is 3.04. The summed E-state index contributed by atoms with van der Waals surface area (Å²) in [6.07, 6.45) is 4.73. The Morgan fingerprint density at radius 2 is 1.75 bits per heavy atom. The van der Waals surface area contributed by atoms with Gasteiger partial charge in [0, 0.05) is 18.7 Å². The van der Waals surface area contributed by atoms with E-state index in [9.17, 15) is 10.0 Å². The van der Waals surface area contributed by atoms with Crippen LogP contribution in [0.3, 0.4) is 0 Å². The summed E-state index contributed by atoms with van der Waals surface area (Å²) in [5.74, 6) is -0.00185. The average molecular weight is 324 g/mol. The molecular formula is C20H24N2O2. The van der Waals surface area contributed by atoms with Crippen LogP contribution in [0.1, 0.15) is 61.1 Å². The maximum atomic E-state index is 12.8. The normalized spacial score (nSPS) is 18.0. The third-order valence-corrected chi connectivity index (χ3v) is 4.72. The Morgan fingerprint density at radius 3 is 2.33 bits per heavy atom. The van der Waals surface area contributed by atoms with Crippen molar-refractivity contribution in [3.05, 3.63) is 70.7 Å². The van der Waals surface area contributed by atoms with Gasteiger partial charge in [-0.2, -0.15) is 4.73 Å². The van der Waals surface area contributed by atoms with Crippen LogP contribution < -0.4 is 4.73 Å². The zero-order valence-electron chi connectivity index (χ0n) is 14.5. The molecule has 0 aliphatic carbocycles. The number of nitrogens with zero attached hydrogens (tertiary/aromatic N) is 2. The molecule has 0 unspecified atom stereocenters. The summed E-state index contributed by atoms with van der Waals surface area (Å²) in [5.41, 5.74) is 3.18. The van der Waals surface area contributed by atoms with Gasteiger partial charge in [0.05, 0.1) is 11.6 Å². The molecule has 0 radical (unpaired) electrons. The van der Waals surface area contributed by atoms with Gasteiger partial charge in [-0.1, -0.05) is 45.0 Å². The smallest absolute Gasteiger partial charge is 0.254 e. The summed E-state index contributed by atoms with van der Waals surface area (Å²) < 4.78 is 0.698. The van der Waals surface area contributed by atoms with Crippen LogP contribution in [0.4, 0.5) is 0 Å². The van der Waals surface area contributed by atoms with Crippen molar-refractivity contribution in [3.8, 4) is 0 Å². The number of rotatable bonds is 2.